The molecule has 0 saturated heterocycles. The lowest BCUT2D eigenvalue weighted by Crippen LogP contribution is -2.12. The standard InChI is InChI=1S/C12H15/c1-5-10-8-6-7-9-11(10)12(2,3)4/h5,7-9H,1H2,2-4H3. The maximum atomic E-state index is 3.79. The highest BCUT2D eigenvalue weighted by Crippen LogP contribution is 2.25. The van der Waals surface area contributed by atoms with Crippen LogP contribution in [0, 0.1) is 6.07 Å². The second-order valence-electron chi connectivity index (χ2n) is 3.97. The van der Waals surface area contributed by atoms with Gasteiger partial charge in [0.1, 0.15) is 0 Å². The fraction of sp³-hybridized carbons (Fsp3) is 0.333. The Morgan fingerprint density at radius 1 is 1.42 bits per heavy atom. The predicted molar refractivity (Wildman–Crippen MR) is 54.1 cm³/mol. The second kappa shape index (κ2) is 3.14. The van der Waals surface area contributed by atoms with Gasteiger partial charge in [0.2, 0.25) is 0 Å². The molecule has 0 bridgehead atoms. The molecule has 1 aromatic carbocycles. The summed E-state index contributed by atoms with van der Waals surface area (Å²) >= 11 is 0. The summed E-state index contributed by atoms with van der Waals surface area (Å²) in [6.07, 6.45) is 1.89. The summed E-state index contributed by atoms with van der Waals surface area (Å²) in [5, 5.41) is 0. The highest BCUT2D eigenvalue weighted by molar-refractivity contribution is 5.53. The van der Waals surface area contributed by atoms with Crippen LogP contribution in [0.1, 0.15) is 31.9 Å². The summed E-state index contributed by atoms with van der Waals surface area (Å²) in [5.41, 5.74) is 2.71. The van der Waals surface area contributed by atoms with E-state index in [1.165, 1.54) is 11.1 Å². The molecule has 0 aliphatic carbocycles. The topological polar surface area (TPSA) is 0 Å². The Bertz CT molecular complexity index is 276. The van der Waals surface area contributed by atoms with Crippen molar-refractivity contribution in [1.29, 1.82) is 0 Å². The normalized spacial score (nSPS) is 11.2. The number of hydrogen-bond donors (Lipinski definition) is 0. The molecule has 0 unspecified atom stereocenters. The molecule has 0 saturated carbocycles. The molecule has 0 atom stereocenters. The molecule has 0 aliphatic heterocycles. The van der Waals surface area contributed by atoms with Crippen LogP contribution in [-0.4, -0.2) is 0 Å². The highest BCUT2D eigenvalue weighted by atomic mass is 14.2. The summed E-state index contributed by atoms with van der Waals surface area (Å²) in [7, 11) is 0. The molecule has 0 heteroatoms. The van der Waals surface area contributed by atoms with Gasteiger partial charge >= 0.3 is 0 Å². The Hall–Kier alpha value is -1.04. The van der Waals surface area contributed by atoms with Crippen LogP contribution < -0.4 is 0 Å². The van der Waals surface area contributed by atoms with E-state index in [0.717, 1.165) is 0 Å². The van der Waals surface area contributed by atoms with Crippen molar-refractivity contribution in [2.45, 2.75) is 26.2 Å². The molecule has 1 radical (unpaired) electrons. The third kappa shape index (κ3) is 1.76. The Morgan fingerprint density at radius 2 is 2.08 bits per heavy atom. The van der Waals surface area contributed by atoms with Gasteiger partial charge in [-0.05, 0) is 28.7 Å². The smallest absolute Gasteiger partial charge is 0.0126 e. The van der Waals surface area contributed by atoms with E-state index in [2.05, 4.69) is 39.5 Å². The fourth-order valence-electron chi connectivity index (χ4n) is 1.30. The average Bonchev–Trinajstić information content (AvgIpc) is 2.03. The quantitative estimate of drug-likeness (QED) is 0.589. The molecule has 1 aromatic rings. The molecule has 0 aromatic heterocycles. The van der Waals surface area contributed by atoms with Crippen molar-refractivity contribution in [3.63, 3.8) is 0 Å². The number of benzene rings is 1. The lowest BCUT2D eigenvalue weighted by Gasteiger charge is -2.21. The molecular weight excluding hydrogens is 144 g/mol. The number of hydrogen-bond acceptors (Lipinski definition) is 0. The van der Waals surface area contributed by atoms with Gasteiger partial charge < -0.3 is 0 Å². The maximum Gasteiger partial charge on any atom is -0.0126 e. The first-order valence-electron chi connectivity index (χ1n) is 4.18. The maximum absolute atomic E-state index is 3.79. The lowest BCUT2D eigenvalue weighted by molar-refractivity contribution is 0.589. The van der Waals surface area contributed by atoms with Gasteiger partial charge in [0.15, 0.2) is 0 Å². The van der Waals surface area contributed by atoms with Crippen molar-refractivity contribution in [3.05, 3.63) is 42.0 Å². The van der Waals surface area contributed by atoms with Crippen LogP contribution in [0.2, 0.25) is 0 Å². The van der Waals surface area contributed by atoms with E-state index in [0.29, 0.717) is 0 Å². The molecular formula is C12H15. The van der Waals surface area contributed by atoms with E-state index in [1.54, 1.807) is 0 Å². The van der Waals surface area contributed by atoms with Crippen LogP contribution in [0.15, 0.2) is 24.8 Å². The van der Waals surface area contributed by atoms with Crippen LogP contribution >= 0.6 is 0 Å². The predicted octanol–water partition coefficient (Wildman–Crippen LogP) is 3.43. The molecule has 0 N–H and O–H groups in total. The van der Waals surface area contributed by atoms with Gasteiger partial charge in [-0.2, -0.15) is 0 Å². The Labute approximate surface area is 74.9 Å². The SMILES string of the molecule is C=Cc1c[c]ccc1C(C)(C)C. The Balaban J connectivity index is 3.23. The van der Waals surface area contributed by atoms with Crippen molar-refractivity contribution in [2.24, 2.45) is 0 Å². The van der Waals surface area contributed by atoms with Gasteiger partial charge in [-0.3, -0.25) is 0 Å². The fourth-order valence-corrected chi connectivity index (χ4v) is 1.30. The van der Waals surface area contributed by atoms with Crippen LogP contribution in [0.5, 0.6) is 0 Å². The molecule has 0 amide bonds. The minimum absolute atomic E-state index is 0.193. The Kier molecular flexibility index (Phi) is 2.37. The largest absolute Gasteiger partial charge is 0.0985 e. The summed E-state index contributed by atoms with van der Waals surface area (Å²) in [5.74, 6) is 0. The molecule has 12 heavy (non-hydrogen) atoms. The minimum Gasteiger partial charge on any atom is -0.0985 e. The third-order valence-corrected chi connectivity index (χ3v) is 1.92. The van der Waals surface area contributed by atoms with Crippen LogP contribution in [-0.2, 0) is 5.41 Å². The second-order valence-corrected chi connectivity index (χ2v) is 3.97. The first-order chi connectivity index (χ1) is 5.55. The van der Waals surface area contributed by atoms with Crippen LogP contribution in [0.4, 0.5) is 0 Å². The monoisotopic (exact) mass is 159 g/mol. The van der Waals surface area contributed by atoms with Gasteiger partial charge in [-0.1, -0.05) is 45.6 Å². The zero-order chi connectivity index (χ0) is 9.19. The lowest BCUT2D eigenvalue weighted by atomic mass is 9.84. The van der Waals surface area contributed by atoms with Crippen LogP contribution in [0.25, 0.3) is 6.08 Å². The van der Waals surface area contributed by atoms with E-state index < -0.39 is 0 Å². The van der Waals surface area contributed by atoms with Crippen LogP contribution in [0.3, 0.4) is 0 Å². The average molecular weight is 159 g/mol. The molecule has 0 aliphatic rings. The van der Waals surface area contributed by atoms with E-state index in [4.69, 9.17) is 0 Å². The van der Waals surface area contributed by atoms with Gasteiger partial charge in [-0.15, -0.1) is 0 Å². The van der Waals surface area contributed by atoms with Crippen molar-refractivity contribution in [2.75, 3.05) is 0 Å². The van der Waals surface area contributed by atoms with E-state index >= 15 is 0 Å². The summed E-state index contributed by atoms with van der Waals surface area (Å²) in [4.78, 5) is 0. The first kappa shape index (κ1) is 9.05. The van der Waals surface area contributed by atoms with E-state index in [1.807, 2.05) is 18.2 Å². The number of rotatable bonds is 1. The summed E-state index contributed by atoms with van der Waals surface area (Å²) in [6, 6.07) is 9.09. The molecule has 0 nitrogen and oxygen atoms in total. The van der Waals surface area contributed by atoms with Crippen molar-refractivity contribution >= 4 is 6.08 Å². The Morgan fingerprint density at radius 3 is 2.50 bits per heavy atom. The van der Waals surface area contributed by atoms with Gasteiger partial charge in [0, 0.05) is 0 Å². The molecule has 0 spiro atoms. The summed E-state index contributed by atoms with van der Waals surface area (Å²) in [6.45, 7) is 10.4. The zero-order valence-corrected chi connectivity index (χ0v) is 8.02. The van der Waals surface area contributed by atoms with Gasteiger partial charge in [-0.25, -0.2) is 0 Å². The van der Waals surface area contributed by atoms with Crippen molar-refractivity contribution < 1.29 is 0 Å². The third-order valence-electron chi connectivity index (χ3n) is 1.92. The first-order valence-corrected chi connectivity index (χ1v) is 4.18. The van der Waals surface area contributed by atoms with Crippen molar-refractivity contribution in [3.8, 4) is 0 Å². The molecule has 0 heterocycles. The summed E-state index contributed by atoms with van der Waals surface area (Å²) < 4.78 is 0. The molecule has 63 valence electrons. The molecule has 1 rings (SSSR count). The molecule has 0 fully saturated rings. The zero-order valence-electron chi connectivity index (χ0n) is 8.02. The van der Waals surface area contributed by atoms with E-state index in [9.17, 15) is 0 Å². The van der Waals surface area contributed by atoms with Gasteiger partial charge in [0.05, 0.1) is 0 Å². The van der Waals surface area contributed by atoms with E-state index in [-0.39, 0.29) is 5.41 Å². The minimum atomic E-state index is 0.193. The van der Waals surface area contributed by atoms with Crippen molar-refractivity contribution in [1.82, 2.24) is 0 Å². The van der Waals surface area contributed by atoms with Gasteiger partial charge in [0.25, 0.3) is 0 Å². The highest BCUT2D eigenvalue weighted by Gasteiger charge is 2.15.